The lowest BCUT2D eigenvalue weighted by Crippen LogP contribution is -2.33. The number of rotatable bonds is 19. The van der Waals surface area contributed by atoms with Gasteiger partial charge in [-0.05, 0) is 48.1 Å². The molecule has 4 rings (SSSR count). The summed E-state index contributed by atoms with van der Waals surface area (Å²) in [6.45, 7) is 0.736. The van der Waals surface area contributed by atoms with Gasteiger partial charge in [0, 0.05) is 18.6 Å². The van der Waals surface area contributed by atoms with Crippen LogP contribution in [0.25, 0.3) is 0 Å². The molecular formula is C38H46O2S. The topological polar surface area (TPSA) is 18.5 Å². The fraction of sp³-hybridized carbons (Fsp3) is 0.368. The largest absolute Gasteiger partial charge is 0.370 e. The second-order valence-electron chi connectivity index (χ2n) is 10.7. The molecule has 0 saturated heterocycles. The van der Waals surface area contributed by atoms with Gasteiger partial charge in [-0.1, -0.05) is 166 Å². The first-order valence-electron chi connectivity index (χ1n) is 15.4. The Hall–Kier alpha value is -2.85. The minimum atomic E-state index is -0.606. The van der Waals surface area contributed by atoms with Gasteiger partial charge in [0.25, 0.3) is 0 Å². The van der Waals surface area contributed by atoms with Crippen molar-refractivity contribution < 1.29 is 9.47 Å². The third kappa shape index (κ3) is 9.60. The van der Waals surface area contributed by atoms with Crippen LogP contribution in [0, 0.1) is 0 Å². The summed E-state index contributed by atoms with van der Waals surface area (Å²) in [7, 11) is 1.83. The van der Waals surface area contributed by atoms with Crippen molar-refractivity contribution in [3.8, 4) is 0 Å². The van der Waals surface area contributed by atoms with Crippen molar-refractivity contribution in [1.82, 2.24) is 0 Å². The van der Waals surface area contributed by atoms with E-state index in [2.05, 4.69) is 121 Å². The molecule has 0 N–H and O–H groups in total. The van der Waals surface area contributed by atoms with Gasteiger partial charge in [-0.2, -0.15) is 0 Å². The monoisotopic (exact) mass is 566 g/mol. The Morgan fingerprint density at radius 1 is 0.512 bits per heavy atom. The van der Waals surface area contributed by atoms with Crippen LogP contribution in [0.4, 0.5) is 0 Å². The third-order valence-electron chi connectivity index (χ3n) is 7.72. The highest BCUT2D eigenvalue weighted by Crippen LogP contribution is 2.40. The second kappa shape index (κ2) is 17.9. The Kier molecular flexibility index (Phi) is 13.5. The van der Waals surface area contributed by atoms with Gasteiger partial charge >= 0.3 is 0 Å². The molecule has 0 bridgehead atoms. The van der Waals surface area contributed by atoms with Crippen LogP contribution >= 0.6 is 11.8 Å². The highest BCUT2D eigenvalue weighted by Gasteiger charge is 2.37. The zero-order chi connectivity index (χ0) is 28.4. The SMILES string of the molecule is COC(CCCCCCCCCCCOC(c1ccccc1)(c1ccccc1)c1ccccc1)Sc1ccccc1. The highest BCUT2D eigenvalue weighted by molar-refractivity contribution is 7.99. The molecule has 0 radical (unpaired) electrons. The molecule has 0 aromatic heterocycles. The zero-order valence-electron chi connectivity index (χ0n) is 24.6. The molecule has 0 amide bonds. The van der Waals surface area contributed by atoms with Crippen LogP contribution in [0.1, 0.15) is 80.9 Å². The van der Waals surface area contributed by atoms with E-state index in [0.717, 1.165) is 19.4 Å². The Morgan fingerprint density at radius 2 is 0.902 bits per heavy atom. The van der Waals surface area contributed by atoms with E-state index in [9.17, 15) is 0 Å². The van der Waals surface area contributed by atoms with Crippen LogP contribution < -0.4 is 0 Å². The van der Waals surface area contributed by atoms with Crippen LogP contribution in [-0.4, -0.2) is 19.2 Å². The number of hydrogen-bond acceptors (Lipinski definition) is 3. The highest BCUT2D eigenvalue weighted by atomic mass is 32.2. The van der Waals surface area contributed by atoms with E-state index in [1.54, 1.807) is 0 Å². The maximum absolute atomic E-state index is 6.91. The molecule has 0 spiro atoms. The summed E-state index contributed by atoms with van der Waals surface area (Å²) in [5.41, 5.74) is 3.17. The maximum Gasteiger partial charge on any atom is 0.143 e. The van der Waals surface area contributed by atoms with Crippen LogP contribution in [0.2, 0.25) is 0 Å². The molecule has 3 heteroatoms. The number of methoxy groups -OCH3 is 1. The van der Waals surface area contributed by atoms with E-state index in [1.807, 2.05) is 18.9 Å². The van der Waals surface area contributed by atoms with E-state index < -0.39 is 5.60 Å². The molecule has 1 atom stereocenters. The standard InChI is InChI=1S/C38H46O2S/c1-39-37(41-36-29-19-12-20-30-36)31-21-7-5-3-2-4-6-8-22-32-40-38(33-23-13-9-14-24-33,34-25-15-10-16-26-34)35-27-17-11-18-28-35/h9-20,23-30,37H,2-8,21-22,31-32H2,1H3. The van der Waals surface area contributed by atoms with E-state index in [-0.39, 0.29) is 5.44 Å². The van der Waals surface area contributed by atoms with Crippen molar-refractivity contribution in [2.75, 3.05) is 13.7 Å². The molecule has 41 heavy (non-hydrogen) atoms. The van der Waals surface area contributed by atoms with Crippen molar-refractivity contribution in [1.29, 1.82) is 0 Å². The summed E-state index contributed by atoms with van der Waals surface area (Å²) >= 11 is 1.83. The van der Waals surface area contributed by atoms with Crippen molar-refractivity contribution in [2.45, 2.75) is 80.1 Å². The number of benzene rings is 4. The molecule has 0 fully saturated rings. The summed E-state index contributed by atoms with van der Waals surface area (Å²) in [5, 5.41) is 0. The van der Waals surface area contributed by atoms with E-state index >= 15 is 0 Å². The van der Waals surface area contributed by atoms with Crippen molar-refractivity contribution in [3.05, 3.63) is 138 Å². The molecule has 1 unspecified atom stereocenters. The first-order chi connectivity index (χ1) is 20.3. The Bertz CT molecular complexity index is 1100. The van der Waals surface area contributed by atoms with E-state index in [4.69, 9.17) is 9.47 Å². The maximum atomic E-state index is 6.91. The molecule has 4 aromatic rings. The molecule has 4 aromatic carbocycles. The average molecular weight is 567 g/mol. The number of ether oxygens (including phenoxy) is 2. The zero-order valence-corrected chi connectivity index (χ0v) is 25.4. The van der Waals surface area contributed by atoms with Gasteiger partial charge < -0.3 is 9.47 Å². The summed E-state index contributed by atoms with van der Waals surface area (Å²) < 4.78 is 12.6. The van der Waals surface area contributed by atoms with Gasteiger partial charge in [-0.15, -0.1) is 0 Å². The molecule has 0 aliphatic carbocycles. The Morgan fingerprint density at radius 3 is 1.34 bits per heavy atom. The number of hydrogen-bond donors (Lipinski definition) is 0. The summed E-state index contributed by atoms with van der Waals surface area (Å²) in [4.78, 5) is 1.29. The minimum Gasteiger partial charge on any atom is -0.370 e. The molecule has 0 heterocycles. The summed E-state index contributed by atoms with van der Waals surface area (Å²) in [5.74, 6) is 0. The Labute approximate surface area is 252 Å². The minimum absolute atomic E-state index is 0.254. The van der Waals surface area contributed by atoms with Crippen molar-refractivity contribution in [3.63, 3.8) is 0 Å². The van der Waals surface area contributed by atoms with Gasteiger partial charge in [0.2, 0.25) is 0 Å². The molecular weight excluding hydrogens is 520 g/mol. The molecule has 0 aliphatic rings. The third-order valence-corrected chi connectivity index (χ3v) is 8.95. The molecule has 2 nitrogen and oxygen atoms in total. The van der Waals surface area contributed by atoms with Crippen LogP contribution in [0.3, 0.4) is 0 Å². The fourth-order valence-corrected chi connectivity index (χ4v) is 6.52. The van der Waals surface area contributed by atoms with Gasteiger partial charge in [-0.3, -0.25) is 0 Å². The second-order valence-corrected chi connectivity index (χ2v) is 11.9. The van der Waals surface area contributed by atoms with E-state index in [1.165, 1.54) is 73.0 Å². The number of thioether (sulfide) groups is 1. The van der Waals surface area contributed by atoms with Crippen molar-refractivity contribution in [2.24, 2.45) is 0 Å². The quantitative estimate of drug-likeness (QED) is 0.0487. The lowest BCUT2D eigenvalue weighted by Gasteiger charge is -2.36. The van der Waals surface area contributed by atoms with Crippen LogP contribution in [0.15, 0.2) is 126 Å². The predicted molar refractivity (Wildman–Crippen MR) is 174 cm³/mol. The van der Waals surface area contributed by atoms with Crippen molar-refractivity contribution >= 4 is 11.8 Å². The average Bonchev–Trinajstić information content (AvgIpc) is 3.04. The smallest absolute Gasteiger partial charge is 0.143 e. The molecule has 216 valence electrons. The summed E-state index contributed by atoms with van der Waals surface area (Å²) in [6, 6.07) is 42.6. The predicted octanol–water partition coefficient (Wildman–Crippen LogP) is 10.7. The lowest BCUT2D eigenvalue weighted by molar-refractivity contribution is 0.0106. The van der Waals surface area contributed by atoms with Gasteiger partial charge in [0.05, 0.1) is 0 Å². The first kappa shape index (κ1) is 31.1. The fourth-order valence-electron chi connectivity index (χ4n) is 5.52. The Balaban J connectivity index is 1.16. The normalized spacial score (nSPS) is 12.3. The van der Waals surface area contributed by atoms with Gasteiger partial charge in [0.1, 0.15) is 11.0 Å². The summed E-state index contributed by atoms with van der Waals surface area (Å²) in [6.07, 6.45) is 12.5. The van der Waals surface area contributed by atoms with E-state index in [0.29, 0.717) is 0 Å². The van der Waals surface area contributed by atoms with Crippen LogP contribution in [-0.2, 0) is 15.1 Å². The molecule has 0 saturated carbocycles. The lowest BCUT2D eigenvalue weighted by atomic mass is 9.80. The van der Waals surface area contributed by atoms with Gasteiger partial charge in [-0.25, -0.2) is 0 Å². The van der Waals surface area contributed by atoms with Gasteiger partial charge in [0.15, 0.2) is 0 Å². The number of unbranched alkanes of at least 4 members (excludes halogenated alkanes) is 8. The first-order valence-corrected chi connectivity index (χ1v) is 16.3. The van der Waals surface area contributed by atoms with Crippen LogP contribution in [0.5, 0.6) is 0 Å². The molecule has 0 aliphatic heterocycles.